The Morgan fingerprint density at radius 3 is 2.53 bits per heavy atom. The summed E-state index contributed by atoms with van der Waals surface area (Å²) in [4.78, 5) is 11.6. The first-order valence-corrected chi connectivity index (χ1v) is 6.98. The standard InChI is InChI=1S/C14H27NO2/c1-11(2)10-12(3)17-14(16)5-4-13-6-8-15-9-7-13/h11-13,15H,4-10H2,1-3H3. The second-order valence-corrected chi connectivity index (χ2v) is 5.66. The number of carbonyl (C=O) groups is 1. The minimum absolute atomic E-state index is 0.0170. The van der Waals surface area contributed by atoms with E-state index in [-0.39, 0.29) is 12.1 Å². The van der Waals surface area contributed by atoms with Crippen LogP contribution in [0.15, 0.2) is 0 Å². The van der Waals surface area contributed by atoms with E-state index in [1.807, 2.05) is 6.92 Å². The lowest BCUT2D eigenvalue weighted by atomic mass is 9.93. The number of piperidine rings is 1. The Labute approximate surface area is 105 Å². The summed E-state index contributed by atoms with van der Waals surface area (Å²) in [6.07, 6.45) is 5.01. The molecule has 0 amide bonds. The third-order valence-corrected chi connectivity index (χ3v) is 3.35. The van der Waals surface area contributed by atoms with Crippen LogP contribution in [0.2, 0.25) is 0 Å². The fraction of sp³-hybridized carbons (Fsp3) is 0.929. The maximum Gasteiger partial charge on any atom is 0.306 e. The Balaban J connectivity index is 2.11. The van der Waals surface area contributed by atoms with Crippen molar-refractivity contribution in [3.63, 3.8) is 0 Å². The van der Waals surface area contributed by atoms with E-state index in [9.17, 15) is 4.79 Å². The van der Waals surface area contributed by atoms with E-state index >= 15 is 0 Å². The normalized spacial score (nSPS) is 19.3. The van der Waals surface area contributed by atoms with Gasteiger partial charge in [0.1, 0.15) is 0 Å². The minimum Gasteiger partial charge on any atom is -0.463 e. The molecular weight excluding hydrogens is 214 g/mol. The molecule has 0 aromatic rings. The molecule has 1 aliphatic rings. The van der Waals surface area contributed by atoms with Crippen LogP contribution >= 0.6 is 0 Å². The first-order valence-electron chi connectivity index (χ1n) is 6.98. The van der Waals surface area contributed by atoms with Gasteiger partial charge in [0.25, 0.3) is 0 Å². The molecule has 3 nitrogen and oxygen atoms in total. The highest BCUT2D eigenvalue weighted by Gasteiger charge is 2.16. The molecule has 1 unspecified atom stereocenters. The molecular formula is C14H27NO2. The van der Waals surface area contributed by atoms with Gasteiger partial charge in [-0.05, 0) is 57.5 Å². The fourth-order valence-corrected chi connectivity index (χ4v) is 2.49. The molecule has 100 valence electrons. The van der Waals surface area contributed by atoms with E-state index in [4.69, 9.17) is 4.74 Å². The number of ether oxygens (including phenoxy) is 1. The number of rotatable bonds is 6. The Morgan fingerprint density at radius 1 is 1.29 bits per heavy atom. The molecule has 1 atom stereocenters. The zero-order chi connectivity index (χ0) is 12.7. The second-order valence-electron chi connectivity index (χ2n) is 5.66. The highest BCUT2D eigenvalue weighted by Crippen LogP contribution is 2.18. The smallest absolute Gasteiger partial charge is 0.306 e. The molecule has 0 aromatic heterocycles. The zero-order valence-electron chi connectivity index (χ0n) is 11.5. The molecule has 0 bridgehead atoms. The summed E-state index contributed by atoms with van der Waals surface area (Å²) in [7, 11) is 0. The first kappa shape index (κ1) is 14.5. The highest BCUT2D eigenvalue weighted by molar-refractivity contribution is 5.69. The van der Waals surface area contributed by atoms with E-state index in [1.165, 1.54) is 12.8 Å². The van der Waals surface area contributed by atoms with Crippen molar-refractivity contribution in [3.05, 3.63) is 0 Å². The van der Waals surface area contributed by atoms with Crippen LogP contribution in [0.3, 0.4) is 0 Å². The van der Waals surface area contributed by atoms with Crippen LogP contribution in [0.4, 0.5) is 0 Å². The molecule has 0 aliphatic carbocycles. The van der Waals surface area contributed by atoms with Crippen molar-refractivity contribution in [3.8, 4) is 0 Å². The zero-order valence-corrected chi connectivity index (χ0v) is 11.5. The van der Waals surface area contributed by atoms with Crippen molar-refractivity contribution in [2.24, 2.45) is 11.8 Å². The fourth-order valence-electron chi connectivity index (χ4n) is 2.49. The van der Waals surface area contributed by atoms with Gasteiger partial charge < -0.3 is 10.1 Å². The molecule has 0 radical (unpaired) electrons. The predicted molar refractivity (Wildman–Crippen MR) is 69.8 cm³/mol. The van der Waals surface area contributed by atoms with Crippen molar-refractivity contribution in [2.75, 3.05) is 13.1 Å². The average molecular weight is 241 g/mol. The van der Waals surface area contributed by atoms with Gasteiger partial charge in [0.15, 0.2) is 0 Å². The Morgan fingerprint density at radius 2 is 1.94 bits per heavy atom. The molecule has 1 saturated heterocycles. The van der Waals surface area contributed by atoms with Gasteiger partial charge in [0, 0.05) is 6.42 Å². The lowest BCUT2D eigenvalue weighted by Crippen LogP contribution is -2.28. The molecule has 17 heavy (non-hydrogen) atoms. The summed E-state index contributed by atoms with van der Waals surface area (Å²) >= 11 is 0. The van der Waals surface area contributed by atoms with Crippen molar-refractivity contribution < 1.29 is 9.53 Å². The first-order chi connectivity index (χ1) is 8.08. The molecule has 1 heterocycles. The van der Waals surface area contributed by atoms with E-state index in [1.54, 1.807) is 0 Å². The van der Waals surface area contributed by atoms with Crippen LogP contribution in [-0.2, 0) is 9.53 Å². The quantitative estimate of drug-likeness (QED) is 0.727. The van der Waals surface area contributed by atoms with Gasteiger partial charge >= 0.3 is 5.97 Å². The lowest BCUT2D eigenvalue weighted by Gasteiger charge is -2.22. The summed E-state index contributed by atoms with van der Waals surface area (Å²) in [6.45, 7) is 8.49. The third kappa shape index (κ3) is 6.67. The Hall–Kier alpha value is -0.570. The molecule has 0 aromatic carbocycles. The van der Waals surface area contributed by atoms with Gasteiger partial charge in [-0.15, -0.1) is 0 Å². The van der Waals surface area contributed by atoms with Crippen LogP contribution in [-0.4, -0.2) is 25.2 Å². The second kappa shape index (κ2) is 7.70. The van der Waals surface area contributed by atoms with Crippen LogP contribution in [0.25, 0.3) is 0 Å². The Bertz CT molecular complexity index is 222. The summed E-state index contributed by atoms with van der Waals surface area (Å²) < 4.78 is 5.40. The topological polar surface area (TPSA) is 38.3 Å². The molecule has 1 aliphatic heterocycles. The minimum atomic E-state index is -0.0170. The number of hydrogen-bond donors (Lipinski definition) is 1. The van der Waals surface area contributed by atoms with Gasteiger partial charge in [0.05, 0.1) is 6.10 Å². The highest BCUT2D eigenvalue weighted by atomic mass is 16.5. The monoisotopic (exact) mass is 241 g/mol. The van der Waals surface area contributed by atoms with Crippen molar-refractivity contribution in [1.82, 2.24) is 5.32 Å². The third-order valence-electron chi connectivity index (χ3n) is 3.35. The maximum atomic E-state index is 11.6. The van der Waals surface area contributed by atoms with Crippen LogP contribution in [0, 0.1) is 11.8 Å². The van der Waals surface area contributed by atoms with Crippen LogP contribution in [0.1, 0.15) is 52.9 Å². The van der Waals surface area contributed by atoms with Gasteiger partial charge in [0.2, 0.25) is 0 Å². The van der Waals surface area contributed by atoms with Crippen LogP contribution in [0.5, 0.6) is 0 Å². The number of esters is 1. The van der Waals surface area contributed by atoms with Gasteiger partial charge in [-0.25, -0.2) is 0 Å². The molecule has 0 spiro atoms. The van der Waals surface area contributed by atoms with Gasteiger partial charge in [-0.3, -0.25) is 4.79 Å². The van der Waals surface area contributed by atoms with E-state index < -0.39 is 0 Å². The largest absolute Gasteiger partial charge is 0.463 e. The van der Waals surface area contributed by atoms with Gasteiger partial charge in [-0.1, -0.05) is 13.8 Å². The summed E-state index contributed by atoms with van der Waals surface area (Å²) in [5.74, 6) is 1.28. The Kier molecular flexibility index (Phi) is 6.56. The lowest BCUT2D eigenvalue weighted by molar-refractivity contribution is -0.149. The summed E-state index contributed by atoms with van der Waals surface area (Å²) in [5.41, 5.74) is 0. The SMILES string of the molecule is CC(C)CC(C)OC(=O)CCC1CCNCC1. The summed E-state index contributed by atoms with van der Waals surface area (Å²) in [5, 5.41) is 3.34. The molecule has 1 N–H and O–H groups in total. The van der Waals surface area contributed by atoms with Crippen molar-refractivity contribution in [2.45, 2.75) is 59.0 Å². The number of hydrogen-bond acceptors (Lipinski definition) is 3. The van der Waals surface area contributed by atoms with E-state index in [0.717, 1.165) is 25.9 Å². The van der Waals surface area contributed by atoms with Crippen molar-refractivity contribution >= 4 is 5.97 Å². The summed E-state index contributed by atoms with van der Waals surface area (Å²) in [6, 6.07) is 0. The van der Waals surface area contributed by atoms with E-state index in [2.05, 4.69) is 19.2 Å². The molecule has 1 rings (SSSR count). The maximum absolute atomic E-state index is 11.6. The molecule has 0 saturated carbocycles. The average Bonchev–Trinajstić information content (AvgIpc) is 2.26. The number of carbonyl (C=O) groups excluding carboxylic acids is 1. The molecule has 3 heteroatoms. The predicted octanol–water partition coefficient (Wildman–Crippen LogP) is 2.74. The number of nitrogens with one attached hydrogen (secondary N) is 1. The molecule has 1 fully saturated rings. The van der Waals surface area contributed by atoms with Gasteiger partial charge in [-0.2, -0.15) is 0 Å². The van der Waals surface area contributed by atoms with Crippen molar-refractivity contribution in [1.29, 1.82) is 0 Å². The van der Waals surface area contributed by atoms with E-state index in [0.29, 0.717) is 18.3 Å². The van der Waals surface area contributed by atoms with Crippen LogP contribution < -0.4 is 5.32 Å².